The quantitative estimate of drug-likeness (QED) is 0.800. The molecule has 0 radical (unpaired) electrons. The number of hydrogen-bond donors (Lipinski definition) is 0. The van der Waals surface area contributed by atoms with E-state index in [1.54, 1.807) is 0 Å². The van der Waals surface area contributed by atoms with Crippen molar-refractivity contribution in [1.82, 2.24) is 4.90 Å². The van der Waals surface area contributed by atoms with Crippen LogP contribution >= 0.6 is 0 Å². The van der Waals surface area contributed by atoms with E-state index in [2.05, 4.69) is 50.8 Å². The lowest BCUT2D eigenvalue weighted by Gasteiger charge is -2.40. The molecule has 2 heteroatoms. The molecule has 1 saturated carbocycles. The summed E-state index contributed by atoms with van der Waals surface area (Å²) in [6.45, 7) is 10.7. The number of carbonyl (C=O) groups excluding carboxylic acids is 1. The normalized spacial score (nSPS) is 20.9. The van der Waals surface area contributed by atoms with Gasteiger partial charge in [-0.2, -0.15) is 0 Å². The highest BCUT2D eigenvalue weighted by Crippen LogP contribution is 2.38. The first-order valence-corrected chi connectivity index (χ1v) is 7.80. The summed E-state index contributed by atoms with van der Waals surface area (Å²) in [6.07, 6.45) is 2.18. The van der Waals surface area contributed by atoms with Gasteiger partial charge in [0.05, 0.1) is 0 Å². The van der Waals surface area contributed by atoms with Crippen molar-refractivity contribution in [3.8, 4) is 0 Å². The van der Waals surface area contributed by atoms with E-state index in [1.807, 2.05) is 0 Å². The van der Waals surface area contributed by atoms with Gasteiger partial charge in [-0.3, -0.25) is 4.79 Å². The van der Waals surface area contributed by atoms with Crippen molar-refractivity contribution in [2.24, 2.45) is 5.92 Å². The molecule has 1 fully saturated rings. The second-order valence-electron chi connectivity index (χ2n) is 7.42. The Morgan fingerprint density at radius 3 is 2.60 bits per heavy atom. The number of rotatable bonds is 2. The monoisotopic (exact) mass is 271 g/mol. The Kier molecular flexibility index (Phi) is 3.15. The lowest BCUT2D eigenvalue weighted by molar-refractivity contribution is -0.134. The predicted octanol–water partition coefficient (Wildman–Crippen LogP) is 3.84. The molecular formula is C18H25NO. The van der Waals surface area contributed by atoms with Gasteiger partial charge in [0.15, 0.2) is 0 Å². The third-order valence-corrected chi connectivity index (χ3v) is 4.72. The SMILES string of the molecule is CC(C)c1ccc2c(c1)C(C)(C)CN(C(=O)C1CC1)C2. The molecule has 1 aromatic carbocycles. The van der Waals surface area contributed by atoms with E-state index in [4.69, 9.17) is 0 Å². The highest BCUT2D eigenvalue weighted by Gasteiger charge is 2.39. The lowest BCUT2D eigenvalue weighted by Crippen LogP contribution is -2.45. The van der Waals surface area contributed by atoms with Crippen LogP contribution in [0.3, 0.4) is 0 Å². The first-order valence-electron chi connectivity index (χ1n) is 7.80. The van der Waals surface area contributed by atoms with Crippen molar-refractivity contribution < 1.29 is 4.79 Å². The Hall–Kier alpha value is -1.31. The van der Waals surface area contributed by atoms with Crippen LogP contribution in [0.5, 0.6) is 0 Å². The van der Waals surface area contributed by atoms with Gasteiger partial charge in [0, 0.05) is 24.4 Å². The maximum Gasteiger partial charge on any atom is 0.226 e. The van der Waals surface area contributed by atoms with Crippen LogP contribution in [0.25, 0.3) is 0 Å². The zero-order chi connectivity index (χ0) is 14.5. The number of nitrogens with zero attached hydrogens (tertiary/aromatic N) is 1. The zero-order valence-electron chi connectivity index (χ0n) is 13.1. The van der Waals surface area contributed by atoms with Gasteiger partial charge in [-0.1, -0.05) is 45.9 Å². The Balaban J connectivity index is 1.93. The molecule has 0 N–H and O–H groups in total. The zero-order valence-corrected chi connectivity index (χ0v) is 13.1. The molecule has 3 rings (SSSR count). The van der Waals surface area contributed by atoms with Crippen molar-refractivity contribution in [1.29, 1.82) is 0 Å². The molecule has 0 spiro atoms. The molecule has 1 amide bonds. The number of benzene rings is 1. The van der Waals surface area contributed by atoms with Crippen molar-refractivity contribution in [2.45, 2.75) is 58.4 Å². The van der Waals surface area contributed by atoms with Gasteiger partial charge in [0.2, 0.25) is 5.91 Å². The van der Waals surface area contributed by atoms with Gasteiger partial charge >= 0.3 is 0 Å². The van der Waals surface area contributed by atoms with Crippen molar-refractivity contribution >= 4 is 5.91 Å². The Morgan fingerprint density at radius 2 is 2.00 bits per heavy atom. The summed E-state index contributed by atoms with van der Waals surface area (Å²) in [5.74, 6) is 1.25. The summed E-state index contributed by atoms with van der Waals surface area (Å²) in [5.41, 5.74) is 4.23. The van der Waals surface area contributed by atoms with Gasteiger partial charge in [0.1, 0.15) is 0 Å². The summed E-state index contributed by atoms with van der Waals surface area (Å²) in [6, 6.07) is 6.82. The summed E-state index contributed by atoms with van der Waals surface area (Å²) in [4.78, 5) is 14.4. The van der Waals surface area contributed by atoms with E-state index < -0.39 is 0 Å². The molecular weight excluding hydrogens is 246 g/mol. The molecule has 2 aliphatic rings. The van der Waals surface area contributed by atoms with Crippen LogP contribution < -0.4 is 0 Å². The number of amides is 1. The van der Waals surface area contributed by atoms with E-state index in [1.165, 1.54) is 16.7 Å². The molecule has 0 saturated heterocycles. The molecule has 20 heavy (non-hydrogen) atoms. The maximum atomic E-state index is 12.4. The molecule has 1 heterocycles. The van der Waals surface area contributed by atoms with Gasteiger partial charge in [0.25, 0.3) is 0 Å². The Bertz CT molecular complexity index is 540. The van der Waals surface area contributed by atoms with Crippen LogP contribution in [-0.4, -0.2) is 17.4 Å². The predicted molar refractivity (Wildman–Crippen MR) is 81.7 cm³/mol. The molecule has 0 aromatic heterocycles. The largest absolute Gasteiger partial charge is 0.337 e. The average Bonchev–Trinajstić information content (AvgIpc) is 3.20. The molecule has 1 aliphatic carbocycles. The van der Waals surface area contributed by atoms with Crippen molar-refractivity contribution in [2.75, 3.05) is 6.54 Å². The molecule has 1 aromatic rings. The van der Waals surface area contributed by atoms with Crippen LogP contribution in [0.1, 0.15) is 63.1 Å². The maximum absolute atomic E-state index is 12.4. The highest BCUT2D eigenvalue weighted by molar-refractivity contribution is 5.81. The summed E-state index contributed by atoms with van der Waals surface area (Å²) in [5, 5.41) is 0. The van der Waals surface area contributed by atoms with E-state index in [0.717, 1.165) is 25.9 Å². The standard InChI is InChI=1S/C18H25NO/c1-12(2)14-7-8-15-10-19(17(20)13-5-6-13)11-18(3,4)16(15)9-14/h7-9,12-13H,5-6,10-11H2,1-4H3. The van der Waals surface area contributed by atoms with Gasteiger partial charge < -0.3 is 4.90 Å². The third-order valence-electron chi connectivity index (χ3n) is 4.72. The topological polar surface area (TPSA) is 20.3 Å². The molecule has 1 aliphatic heterocycles. The summed E-state index contributed by atoms with van der Waals surface area (Å²) >= 11 is 0. The fraction of sp³-hybridized carbons (Fsp3) is 0.611. The van der Waals surface area contributed by atoms with Crippen LogP contribution in [-0.2, 0) is 16.8 Å². The Morgan fingerprint density at radius 1 is 1.30 bits per heavy atom. The number of fused-ring (bicyclic) bond motifs is 1. The van der Waals surface area contributed by atoms with E-state index in [-0.39, 0.29) is 5.41 Å². The van der Waals surface area contributed by atoms with Gasteiger partial charge in [-0.05, 0) is 35.4 Å². The minimum absolute atomic E-state index is 0.0586. The van der Waals surface area contributed by atoms with E-state index >= 15 is 0 Å². The van der Waals surface area contributed by atoms with Gasteiger partial charge in [-0.15, -0.1) is 0 Å². The number of carbonyl (C=O) groups is 1. The van der Waals surface area contributed by atoms with Crippen LogP contribution in [0.15, 0.2) is 18.2 Å². The van der Waals surface area contributed by atoms with Crippen LogP contribution in [0, 0.1) is 5.92 Å². The fourth-order valence-electron chi connectivity index (χ4n) is 3.29. The minimum Gasteiger partial charge on any atom is -0.337 e. The molecule has 0 bridgehead atoms. The minimum atomic E-state index is 0.0586. The third kappa shape index (κ3) is 2.36. The summed E-state index contributed by atoms with van der Waals surface area (Å²) in [7, 11) is 0. The van der Waals surface area contributed by atoms with Crippen LogP contribution in [0.2, 0.25) is 0 Å². The van der Waals surface area contributed by atoms with Crippen LogP contribution in [0.4, 0.5) is 0 Å². The van der Waals surface area contributed by atoms with Crippen molar-refractivity contribution in [3.63, 3.8) is 0 Å². The van der Waals surface area contributed by atoms with Gasteiger partial charge in [-0.25, -0.2) is 0 Å². The molecule has 0 unspecified atom stereocenters. The second-order valence-corrected chi connectivity index (χ2v) is 7.42. The molecule has 108 valence electrons. The van der Waals surface area contributed by atoms with Crippen molar-refractivity contribution in [3.05, 3.63) is 34.9 Å². The molecule has 2 nitrogen and oxygen atoms in total. The lowest BCUT2D eigenvalue weighted by atomic mass is 9.77. The highest BCUT2D eigenvalue weighted by atomic mass is 16.2. The summed E-state index contributed by atoms with van der Waals surface area (Å²) < 4.78 is 0. The smallest absolute Gasteiger partial charge is 0.226 e. The molecule has 0 atom stereocenters. The van der Waals surface area contributed by atoms with E-state index in [0.29, 0.717) is 17.7 Å². The Labute approximate surface area is 122 Å². The van der Waals surface area contributed by atoms with E-state index in [9.17, 15) is 4.79 Å². The average molecular weight is 271 g/mol. The number of hydrogen-bond acceptors (Lipinski definition) is 1. The first kappa shape index (κ1) is 13.7. The second kappa shape index (κ2) is 4.61. The first-order chi connectivity index (χ1) is 9.38. The fourth-order valence-corrected chi connectivity index (χ4v) is 3.29.